The van der Waals surface area contributed by atoms with Crippen molar-refractivity contribution in [3.63, 3.8) is 0 Å². The summed E-state index contributed by atoms with van der Waals surface area (Å²) < 4.78 is 40.9. The average Bonchev–Trinajstić information content (AvgIpc) is 2.54. The first-order chi connectivity index (χ1) is 11.5. The molecule has 0 amide bonds. The van der Waals surface area contributed by atoms with E-state index in [1.54, 1.807) is 6.92 Å². The molecule has 0 N–H and O–H groups in total. The summed E-state index contributed by atoms with van der Waals surface area (Å²) in [5.41, 5.74) is 0.711. The smallest absolute Gasteiger partial charge is 0.166 e. The van der Waals surface area contributed by atoms with Crippen LogP contribution in [0.5, 0.6) is 0 Å². The van der Waals surface area contributed by atoms with E-state index in [0.717, 1.165) is 0 Å². The fourth-order valence-electron chi connectivity index (χ4n) is 1.32. The highest BCUT2D eigenvalue weighted by atomic mass is 19.2. The third-order valence-corrected chi connectivity index (χ3v) is 2.74. The monoisotopic (exact) mass is 342 g/mol. The predicted octanol–water partition coefficient (Wildman–Crippen LogP) is 6.93. The lowest BCUT2D eigenvalue weighted by Gasteiger charge is -2.04. The molecule has 0 radical (unpaired) electrons. The fraction of sp³-hybridized carbons (Fsp3) is 0.0909. The Kier molecular flexibility index (Phi) is 8.80. The van der Waals surface area contributed by atoms with Crippen LogP contribution in [0.15, 0.2) is 109 Å². The Labute approximate surface area is 148 Å². The van der Waals surface area contributed by atoms with Crippen molar-refractivity contribution < 1.29 is 13.2 Å². The lowest BCUT2D eigenvalue weighted by Crippen LogP contribution is -1.89. The SMILES string of the molecule is C=C(C#CC(=C)/C(F)=C\C(=C)C)/C=C\C(=C)C(=C)/C(F)=C(/F)C(=C)C. The quantitative estimate of drug-likeness (QED) is 0.348. The molecule has 0 aromatic rings. The Balaban J connectivity index is 5.08. The molecule has 0 spiro atoms. The van der Waals surface area contributed by atoms with Crippen molar-refractivity contribution in [2.75, 3.05) is 0 Å². The summed E-state index contributed by atoms with van der Waals surface area (Å²) in [5.74, 6) is 2.32. The Morgan fingerprint density at radius 3 is 1.84 bits per heavy atom. The van der Waals surface area contributed by atoms with Crippen LogP contribution in [0.3, 0.4) is 0 Å². The summed E-state index contributed by atoms with van der Waals surface area (Å²) in [6.07, 6.45) is 4.03. The van der Waals surface area contributed by atoms with Crippen LogP contribution in [0.25, 0.3) is 0 Å². The number of allylic oxidation sites excluding steroid dienone is 12. The summed E-state index contributed by atoms with van der Waals surface area (Å²) in [6.45, 7) is 24.1. The van der Waals surface area contributed by atoms with E-state index in [4.69, 9.17) is 0 Å². The standard InChI is InChI=1S/C22H21F3/c1-14(2)13-20(23)18(7)12-10-16(5)9-11-17(6)19(8)22(25)21(24)15(3)4/h9,11,13H,1,3,5-8H2,2,4H3/b11-9-,20-13+,22-21-. The van der Waals surface area contributed by atoms with Gasteiger partial charge in [0.2, 0.25) is 0 Å². The topological polar surface area (TPSA) is 0 Å². The highest BCUT2D eigenvalue weighted by Gasteiger charge is 2.11. The van der Waals surface area contributed by atoms with E-state index in [-0.39, 0.29) is 22.3 Å². The first-order valence-electron chi connectivity index (χ1n) is 7.18. The molecule has 0 rings (SSSR count). The second-order valence-corrected chi connectivity index (χ2v) is 5.34. The Bertz CT molecular complexity index is 800. The van der Waals surface area contributed by atoms with Crippen LogP contribution < -0.4 is 0 Å². The fourth-order valence-corrected chi connectivity index (χ4v) is 1.32. The van der Waals surface area contributed by atoms with E-state index in [2.05, 4.69) is 51.3 Å². The van der Waals surface area contributed by atoms with Crippen LogP contribution in [0.4, 0.5) is 13.2 Å². The zero-order valence-electron chi connectivity index (χ0n) is 14.6. The molecule has 25 heavy (non-hydrogen) atoms. The van der Waals surface area contributed by atoms with E-state index < -0.39 is 17.5 Å². The van der Waals surface area contributed by atoms with Crippen LogP contribution in [0.2, 0.25) is 0 Å². The van der Waals surface area contributed by atoms with Gasteiger partial charge in [-0.1, -0.05) is 63.0 Å². The zero-order chi connectivity index (χ0) is 19.7. The Morgan fingerprint density at radius 1 is 0.800 bits per heavy atom. The molecule has 0 bridgehead atoms. The zero-order valence-corrected chi connectivity index (χ0v) is 14.6. The van der Waals surface area contributed by atoms with Crippen molar-refractivity contribution in [3.05, 3.63) is 109 Å². The van der Waals surface area contributed by atoms with Gasteiger partial charge in [0, 0.05) is 11.1 Å². The molecule has 0 unspecified atom stereocenters. The molecule has 0 aliphatic carbocycles. The van der Waals surface area contributed by atoms with Crippen LogP contribution >= 0.6 is 0 Å². The van der Waals surface area contributed by atoms with Gasteiger partial charge in [-0.15, -0.1) is 0 Å². The van der Waals surface area contributed by atoms with Gasteiger partial charge in [0.25, 0.3) is 0 Å². The maximum Gasteiger partial charge on any atom is 0.166 e. The van der Waals surface area contributed by atoms with Gasteiger partial charge >= 0.3 is 0 Å². The number of hydrogen-bond acceptors (Lipinski definition) is 0. The highest BCUT2D eigenvalue weighted by Crippen LogP contribution is 2.26. The lowest BCUT2D eigenvalue weighted by molar-refractivity contribution is 0.558. The minimum atomic E-state index is -1.13. The molecule has 0 nitrogen and oxygen atoms in total. The van der Waals surface area contributed by atoms with Gasteiger partial charge in [-0.05, 0) is 37.1 Å². The first kappa shape index (κ1) is 22.0. The molecule has 0 aromatic heterocycles. The molecular weight excluding hydrogens is 321 g/mol. The summed E-state index contributed by atoms with van der Waals surface area (Å²) in [4.78, 5) is 0. The number of rotatable bonds is 7. The molecule has 3 heteroatoms. The first-order valence-corrected chi connectivity index (χ1v) is 7.18. The predicted molar refractivity (Wildman–Crippen MR) is 102 cm³/mol. The van der Waals surface area contributed by atoms with Gasteiger partial charge in [0.15, 0.2) is 11.7 Å². The van der Waals surface area contributed by atoms with Gasteiger partial charge < -0.3 is 0 Å². The third-order valence-electron chi connectivity index (χ3n) is 2.74. The molecular formula is C22H21F3. The van der Waals surface area contributed by atoms with Crippen LogP contribution in [0, 0.1) is 11.8 Å². The Hall–Kier alpha value is -2.99. The van der Waals surface area contributed by atoms with E-state index in [0.29, 0.717) is 11.1 Å². The summed E-state index contributed by atoms with van der Waals surface area (Å²) in [6, 6.07) is 0. The van der Waals surface area contributed by atoms with Crippen LogP contribution in [0.1, 0.15) is 13.8 Å². The normalized spacial score (nSPS) is 12.0. The minimum absolute atomic E-state index is 0.0155. The molecule has 0 heterocycles. The average molecular weight is 342 g/mol. The van der Waals surface area contributed by atoms with Gasteiger partial charge in [-0.25, -0.2) is 13.2 Å². The van der Waals surface area contributed by atoms with E-state index in [1.807, 2.05) is 0 Å². The molecule has 0 aromatic carbocycles. The number of halogens is 3. The maximum atomic E-state index is 13.8. The van der Waals surface area contributed by atoms with Crippen molar-refractivity contribution in [2.45, 2.75) is 13.8 Å². The lowest BCUT2D eigenvalue weighted by atomic mass is 10.1. The van der Waals surface area contributed by atoms with E-state index in [1.165, 1.54) is 25.2 Å². The highest BCUT2D eigenvalue weighted by molar-refractivity contribution is 5.52. The molecule has 0 fully saturated rings. The van der Waals surface area contributed by atoms with Crippen molar-refractivity contribution in [2.24, 2.45) is 0 Å². The van der Waals surface area contributed by atoms with Gasteiger partial charge in [-0.3, -0.25) is 0 Å². The van der Waals surface area contributed by atoms with E-state index in [9.17, 15) is 13.2 Å². The molecule has 0 atom stereocenters. The maximum absolute atomic E-state index is 13.8. The summed E-state index contributed by atoms with van der Waals surface area (Å²) >= 11 is 0. The van der Waals surface area contributed by atoms with Crippen LogP contribution in [-0.4, -0.2) is 0 Å². The van der Waals surface area contributed by atoms with Crippen molar-refractivity contribution in [3.8, 4) is 11.8 Å². The second kappa shape index (κ2) is 10.00. The number of hydrogen-bond donors (Lipinski definition) is 0. The summed E-state index contributed by atoms with van der Waals surface area (Å²) in [5, 5.41) is 0. The Morgan fingerprint density at radius 2 is 1.36 bits per heavy atom. The minimum Gasteiger partial charge on any atom is -0.206 e. The van der Waals surface area contributed by atoms with Crippen molar-refractivity contribution in [1.29, 1.82) is 0 Å². The van der Waals surface area contributed by atoms with Crippen LogP contribution in [-0.2, 0) is 0 Å². The second-order valence-electron chi connectivity index (χ2n) is 5.34. The van der Waals surface area contributed by atoms with Gasteiger partial charge in [-0.2, -0.15) is 0 Å². The van der Waals surface area contributed by atoms with Crippen molar-refractivity contribution in [1.82, 2.24) is 0 Å². The van der Waals surface area contributed by atoms with E-state index >= 15 is 0 Å². The molecule has 0 aliphatic rings. The summed E-state index contributed by atoms with van der Waals surface area (Å²) in [7, 11) is 0. The largest absolute Gasteiger partial charge is 0.206 e. The van der Waals surface area contributed by atoms with Gasteiger partial charge in [0.05, 0.1) is 5.57 Å². The van der Waals surface area contributed by atoms with Crippen molar-refractivity contribution >= 4 is 0 Å². The molecule has 0 saturated carbocycles. The van der Waals surface area contributed by atoms with Gasteiger partial charge in [0.1, 0.15) is 5.83 Å². The molecule has 0 saturated heterocycles. The molecule has 130 valence electrons. The third kappa shape index (κ3) is 7.90. The molecule has 0 aliphatic heterocycles.